The van der Waals surface area contributed by atoms with Crippen LogP contribution < -0.4 is 10.6 Å². The molecule has 2 amide bonds. The second kappa shape index (κ2) is 20.1. The van der Waals surface area contributed by atoms with Gasteiger partial charge in [0.25, 0.3) is 0 Å². The van der Waals surface area contributed by atoms with Crippen molar-refractivity contribution in [1.82, 2.24) is 9.55 Å². The van der Waals surface area contributed by atoms with Crippen LogP contribution in [0.4, 0.5) is 24.6 Å². The lowest BCUT2D eigenvalue weighted by atomic mass is 9.98. The maximum atomic E-state index is 16.5. The number of amides is 2. The highest BCUT2D eigenvalue weighted by Gasteiger charge is 2.50. The van der Waals surface area contributed by atoms with Gasteiger partial charge in [-0.1, -0.05) is 32.5 Å². The summed E-state index contributed by atoms with van der Waals surface area (Å²) in [4.78, 5) is 81.8. The van der Waals surface area contributed by atoms with Crippen molar-refractivity contribution in [2.75, 3.05) is 30.7 Å². The lowest BCUT2D eigenvalue weighted by Gasteiger charge is -2.28. The zero-order chi connectivity index (χ0) is 45.5. The molecule has 336 valence electrons. The van der Waals surface area contributed by atoms with Crippen LogP contribution in [0.1, 0.15) is 109 Å². The highest BCUT2D eigenvalue weighted by Crippen LogP contribution is 2.52. The summed E-state index contributed by atoms with van der Waals surface area (Å²) in [6, 6.07) is 1.09. The minimum atomic E-state index is -4.65. The number of imide groups is 1. The van der Waals surface area contributed by atoms with Crippen molar-refractivity contribution in [1.29, 1.82) is 0 Å². The molecule has 0 N–H and O–H groups in total. The quantitative estimate of drug-likeness (QED) is 0.0599. The molecule has 0 saturated carbocycles. The molecule has 2 heterocycles. The average Bonchev–Trinajstić information content (AvgIpc) is 3.32. The molecule has 2 rings (SSSR count). The van der Waals surface area contributed by atoms with E-state index in [2.05, 4.69) is 4.98 Å². The third kappa shape index (κ3) is 17.3. The van der Waals surface area contributed by atoms with Crippen LogP contribution in [0.25, 0.3) is 0 Å². The first kappa shape index (κ1) is 51.9. The number of phosphoric acid groups is 1. The molecule has 0 radical (unpaired) electrons. The smallest absolute Gasteiger partial charge is 0.443 e. The van der Waals surface area contributed by atoms with Crippen LogP contribution in [0.15, 0.2) is 17.1 Å². The number of hydrogen-bond donors (Lipinski definition) is 0. The molecule has 18 nitrogen and oxygen atoms in total. The van der Waals surface area contributed by atoms with Crippen molar-refractivity contribution in [3.8, 4) is 0 Å². The number of halogens is 1. The summed E-state index contributed by atoms with van der Waals surface area (Å²) in [6.45, 7) is 22.1. The summed E-state index contributed by atoms with van der Waals surface area (Å²) in [5.41, 5.74) is -5.90. The molecular weight excluding hydrogens is 841 g/mol. The molecule has 5 atom stereocenters. The standard InChI is InChI=1S/C37H59FN3O15PS2/c1-33(2,3)27(42)49-21-52-57(48,50-18-19-58-28(43)34(4,5)6)51-20-22-25(53-32(47)56-37(13,14)15)24(38)26(59-22)40-17-16-23(39-29(40)44)41(30(45)54-35(7,8)9)31(46)55-36(10,11)12/h16-17,22,24-26H,18-21H2,1-15H3/t22-,24+,25-,26-,57?/m1/s1. The second-order valence-electron chi connectivity index (χ2n) is 18.2. The number of nitrogens with zero attached hydrogens (tertiary/aromatic N) is 3. The third-order valence-electron chi connectivity index (χ3n) is 6.95. The van der Waals surface area contributed by atoms with Crippen LogP contribution in [0.2, 0.25) is 0 Å². The van der Waals surface area contributed by atoms with Gasteiger partial charge in [-0.15, -0.1) is 11.8 Å². The first-order valence-corrected chi connectivity index (χ1v) is 21.9. The van der Waals surface area contributed by atoms with Crippen molar-refractivity contribution in [3.63, 3.8) is 0 Å². The van der Waals surface area contributed by atoms with Gasteiger partial charge in [-0.3, -0.25) is 23.2 Å². The zero-order valence-electron chi connectivity index (χ0n) is 36.4. The number of anilines is 1. The van der Waals surface area contributed by atoms with Crippen molar-refractivity contribution in [3.05, 3.63) is 22.7 Å². The van der Waals surface area contributed by atoms with Crippen molar-refractivity contribution >= 4 is 66.6 Å². The van der Waals surface area contributed by atoms with E-state index in [1.165, 1.54) is 0 Å². The van der Waals surface area contributed by atoms with Crippen LogP contribution in [0, 0.1) is 10.8 Å². The van der Waals surface area contributed by atoms with E-state index in [-0.39, 0.29) is 17.5 Å². The Morgan fingerprint density at radius 3 is 1.85 bits per heavy atom. The predicted molar refractivity (Wildman–Crippen MR) is 218 cm³/mol. The van der Waals surface area contributed by atoms with Gasteiger partial charge in [0.05, 0.1) is 23.9 Å². The van der Waals surface area contributed by atoms with Crippen molar-refractivity contribution in [2.24, 2.45) is 10.8 Å². The monoisotopic (exact) mass is 899 g/mol. The Hall–Kier alpha value is -3.23. The third-order valence-corrected chi connectivity index (χ3v) is 11.1. The van der Waals surface area contributed by atoms with Crippen LogP contribution >= 0.6 is 31.3 Å². The Balaban J connectivity index is 2.49. The van der Waals surface area contributed by atoms with Gasteiger partial charge >= 0.3 is 37.8 Å². The highest BCUT2D eigenvalue weighted by molar-refractivity contribution is 8.13. The number of alkyl halides is 1. The summed E-state index contributed by atoms with van der Waals surface area (Å²) in [6.07, 6.45) is -6.43. The van der Waals surface area contributed by atoms with E-state index < -0.39 is 108 Å². The van der Waals surface area contributed by atoms with Crippen LogP contribution in [-0.4, -0.2) is 99.1 Å². The van der Waals surface area contributed by atoms with E-state index in [0.29, 0.717) is 4.90 Å². The lowest BCUT2D eigenvalue weighted by molar-refractivity contribution is -0.160. The van der Waals surface area contributed by atoms with E-state index in [0.717, 1.165) is 40.4 Å². The lowest BCUT2D eigenvalue weighted by Crippen LogP contribution is -2.45. The molecular formula is C37H59FN3O15PS2. The molecule has 1 saturated heterocycles. The van der Waals surface area contributed by atoms with Gasteiger partial charge in [-0.25, -0.2) is 32.7 Å². The largest absolute Gasteiger partial charge is 0.509 e. The van der Waals surface area contributed by atoms with Gasteiger partial charge in [0.2, 0.25) is 6.79 Å². The molecule has 1 aromatic rings. The minimum Gasteiger partial charge on any atom is -0.443 e. The first-order valence-electron chi connectivity index (χ1n) is 18.5. The molecule has 1 fully saturated rings. The summed E-state index contributed by atoms with van der Waals surface area (Å²) >= 11 is 1.65. The summed E-state index contributed by atoms with van der Waals surface area (Å²) < 4.78 is 74.0. The Morgan fingerprint density at radius 1 is 0.831 bits per heavy atom. The number of hydrogen-bond acceptors (Lipinski definition) is 18. The molecule has 0 bridgehead atoms. The van der Waals surface area contributed by atoms with Gasteiger partial charge in [-0.2, -0.15) is 9.88 Å². The zero-order valence-corrected chi connectivity index (χ0v) is 38.9. The van der Waals surface area contributed by atoms with Gasteiger partial charge in [-0.05, 0) is 89.2 Å². The van der Waals surface area contributed by atoms with Crippen molar-refractivity contribution < 1.29 is 70.2 Å². The molecule has 22 heteroatoms. The molecule has 1 unspecified atom stereocenters. The molecule has 1 aliphatic rings. The van der Waals surface area contributed by atoms with Gasteiger partial charge in [0.1, 0.15) is 22.2 Å². The summed E-state index contributed by atoms with van der Waals surface area (Å²) in [7, 11) is -4.65. The number of phosphoric ester groups is 1. The maximum absolute atomic E-state index is 16.5. The maximum Gasteiger partial charge on any atom is 0.509 e. The fraction of sp³-hybridized carbons (Fsp3) is 0.757. The number of aromatic nitrogens is 2. The number of esters is 1. The fourth-order valence-electron chi connectivity index (χ4n) is 4.31. The summed E-state index contributed by atoms with van der Waals surface area (Å²) in [5, 5.41) is -2.86. The molecule has 1 aliphatic heterocycles. The van der Waals surface area contributed by atoms with Gasteiger partial charge in [0.15, 0.2) is 23.2 Å². The normalized spacial score (nSPS) is 19.9. The van der Waals surface area contributed by atoms with E-state index in [4.69, 9.17) is 37.3 Å². The van der Waals surface area contributed by atoms with E-state index in [9.17, 15) is 33.3 Å². The predicted octanol–water partition coefficient (Wildman–Crippen LogP) is 8.20. The molecule has 1 aromatic heterocycles. The number of ether oxygens (including phenoxy) is 5. The second-order valence-corrected chi connectivity index (χ2v) is 22.3. The number of thioether (sulfide) groups is 2. The Kier molecular flexibility index (Phi) is 17.7. The van der Waals surface area contributed by atoms with Gasteiger partial charge < -0.3 is 23.7 Å². The van der Waals surface area contributed by atoms with Crippen LogP contribution in [-0.2, 0) is 51.4 Å². The molecule has 0 aliphatic carbocycles. The Bertz CT molecular complexity index is 1750. The Morgan fingerprint density at radius 2 is 1.37 bits per heavy atom. The topological polar surface area (TPSA) is 214 Å². The SMILES string of the molecule is CC(C)(C)OC(=O)O[C@H]1[C@H](F)[C@H](n2ccc(N(C(=O)OC(C)(C)C)C(=O)OC(C)(C)C)nc2=O)S[C@@H]1COP(=O)(OCCSC(=O)C(C)(C)C)OCOC(=O)C(C)(C)C. The summed E-state index contributed by atoms with van der Waals surface area (Å²) in [5.74, 6) is -1.14. The van der Waals surface area contributed by atoms with Crippen LogP contribution in [0.5, 0.6) is 0 Å². The average molecular weight is 900 g/mol. The van der Waals surface area contributed by atoms with E-state index in [1.807, 2.05) is 0 Å². The number of carbonyl (C=O) groups is 5. The van der Waals surface area contributed by atoms with Gasteiger partial charge in [0, 0.05) is 17.4 Å². The first-order chi connectivity index (χ1) is 26.6. The van der Waals surface area contributed by atoms with Crippen molar-refractivity contribution in [2.45, 2.75) is 144 Å². The molecule has 0 aromatic carbocycles. The Labute approximate surface area is 353 Å². The van der Waals surface area contributed by atoms with Crippen LogP contribution in [0.3, 0.4) is 0 Å². The molecule has 59 heavy (non-hydrogen) atoms. The van der Waals surface area contributed by atoms with E-state index in [1.54, 1.807) is 104 Å². The minimum absolute atomic E-state index is 0.0387. The fourth-order valence-corrected chi connectivity index (χ4v) is 7.85. The highest BCUT2D eigenvalue weighted by atomic mass is 32.2. The van der Waals surface area contributed by atoms with E-state index >= 15 is 4.39 Å². The number of rotatable bonds is 13. The molecule has 0 spiro atoms. The number of carbonyl (C=O) groups excluding carboxylic acids is 5.